The van der Waals surface area contributed by atoms with E-state index in [9.17, 15) is 18.3 Å². The van der Waals surface area contributed by atoms with E-state index in [2.05, 4.69) is 4.72 Å². The van der Waals surface area contributed by atoms with Crippen molar-refractivity contribution in [2.24, 2.45) is 11.3 Å². The van der Waals surface area contributed by atoms with Crippen LogP contribution < -0.4 is 4.72 Å². The Bertz CT molecular complexity index is 424. The maximum Gasteiger partial charge on any atom is 0.307 e. The lowest BCUT2D eigenvalue weighted by Crippen LogP contribution is -2.48. The first kappa shape index (κ1) is 17.4. The zero-order valence-electron chi connectivity index (χ0n) is 12.3. The topological polar surface area (TPSA) is 95.9 Å². The highest BCUT2D eigenvalue weighted by molar-refractivity contribution is 7.87. The van der Waals surface area contributed by atoms with Crippen LogP contribution in [0.15, 0.2) is 0 Å². The summed E-state index contributed by atoms with van der Waals surface area (Å²) in [4.78, 5) is 11.2. The van der Waals surface area contributed by atoms with Crippen LogP contribution in [0.1, 0.15) is 27.2 Å². The summed E-state index contributed by atoms with van der Waals surface area (Å²) < 4.78 is 32.9. The minimum atomic E-state index is -3.63. The lowest BCUT2D eigenvalue weighted by Gasteiger charge is -2.28. The number of aliphatic carboxylic acids is 1. The number of carboxylic acids is 1. The number of hydrogen-bond donors (Lipinski definition) is 2. The number of rotatable bonds is 6. The van der Waals surface area contributed by atoms with Crippen LogP contribution in [0.3, 0.4) is 0 Å². The van der Waals surface area contributed by atoms with Crippen LogP contribution in [0.4, 0.5) is 0 Å². The largest absolute Gasteiger partial charge is 0.481 e. The quantitative estimate of drug-likeness (QED) is 0.735. The number of nitrogens with zero attached hydrogens (tertiary/aromatic N) is 1. The summed E-state index contributed by atoms with van der Waals surface area (Å²) in [6.07, 6.45) is 0.411. The van der Waals surface area contributed by atoms with Gasteiger partial charge in [-0.15, -0.1) is 0 Å². The fourth-order valence-corrected chi connectivity index (χ4v) is 3.29. The molecule has 0 aliphatic carbocycles. The zero-order valence-corrected chi connectivity index (χ0v) is 13.1. The second-order valence-corrected chi connectivity index (χ2v) is 7.92. The minimum Gasteiger partial charge on any atom is -0.481 e. The summed E-state index contributed by atoms with van der Waals surface area (Å²) in [7, 11) is -3.63. The average molecular weight is 308 g/mol. The molecule has 2 N–H and O–H groups in total. The van der Waals surface area contributed by atoms with Crippen LogP contribution in [0.2, 0.25) is 0 Å². The summed E-state index contributed by atoms with van der Waals surface area (Å²) in [6.45, 7) is 7.03. The Morgan fingerprint density at radius 1 is 1.35 bits per heavy atom. The average Bonchev–Trinajstić information content (AvgIpc) is 2.34. The highest BCUT2D eigenvalue weighted by atomic mass is 32.2. The van der Waals surface area contributed by atoms with Crippen molar-refractivity contribution < 1.29 is 23.1 Å². The van der Waals surface area contributed by atoms with Gasteiger partial charge in [0, 0.05) is 19.6 Å². The van der Waals surface area contributed by atoms with Gasteiger partial charge >= 0.3 is 5.97 Å². The van der Waals surface area contributed by atoms with Crippen LogP contribution in [0.5, 0.6) is 0 Å². The first-order valence-corrected chi connectivity index (χ1v) is 8.11. The van der Waals surface area contributed by atoms with Gasteiger partial charge in [-0.05, 0) is 11.8 Å². The van der Waals surface area contributed by atoms with Crippen molar-refractivity contribution in [3.63, 3.8) is 0 Å². The predicted molar refractivity (Wildman–Crippen MR) is 74.5 cm³/mol. The number of carboxylic acid groups (broad SMARTS) is 1. The molecule has 1 heterocycles. The Labute approximate surface area is 120 Å². The van der Waals surface area contributed by atoms with E-state index in [1.807, 2.05) is 20.8 Å². The first-order chi connectivity index (χ1) is 9.12. The molecule has 1 saturated heterocycles. The van der Waals surface area contributed by atoms with Gasteiger partial charge in [0.2, 0.25) is 0 Å². The lowest BCUT2D eigenvalue weighted by atomic mass is 9.85. The highest BCUT2D eigenvalue weighted by Gasteiger charge is 2.29. The molecule has 7 nitrogen and oxygen atoms in total. The summed E-state index contributed by atoms with van der Waals surface area (Å²) in [5.41, 5.74) is -0.173. The van der Waals surface area contributed by atoms with E-state index in [1.165, 1.54) is 4.31 Å². The Hall–Kier alpha value is -0.700. The van der Waals surface area contributed by atoms with Crippen LogP contribution >= 0.6 is 0 Å². The number of carbonyl (C=O) groups is 1. The molecule has 20 heavy (non-hydrogen) atoms. The standard InChI is InChI=1S/C12H24N2O5S/c1-12(2,3)8-10(11(15)16)9-13-20(17,18)14-4-6-19-7-5-14/h10,13H,4-9H2,1-3H3,(H,15,16). The molecule has 8 heteroatoms. The van der Waals surface area contributed by atoms with Crippen molar-refractivity contribution in [2.75, 3.05) is 32.8 Å². The van der Waals surface area contributed by atoms with Crippen molar-refractivity contribution in [1.29, 1.82) is 0 Å². The molecule has 1 aliphatic heterocycles. The number of nitrogens with one attached hydrogen (secondary N) is 1. The monoisotopic (exact) mass is 308 g/mol. The predicted octanol–water partition coefficient (Wildman–Crippen LogP) is 0.290. The number of hydrogen-bond acceptors (Lipinski definition) is 4. The third kappa shape index (κ3) is 5.74. The molecule has 1 unspecified atom stereocenters. The maximum atomic E-state index is 12.0. The van der Waals surface area contributed by atoms with Gasteiger partial charge in [0.1, 0.15) is 0 Å². The van der Waals surface area contributed by atoms with Crippen molar-refractivity contribution in [3.8, 4) is 0 Å². The summed E-state index contributed by atoms with van der Waals surface area (Å²) in [6, 6.07) is 0. The smallest absolute Gasteiger partial charge is 0.307 e. The molecule has 1 atom stereocenters. The molecule has 1 rings (SSSR count). The van der Waals surface area contributed by atoms with Crippen LogP contribution in [0.25, 0.3) is 0 Å². The maximum absolute atomic E-state index is 12.0. The second-order valence-electron chi connectivity index (χ2n) is 6.16. The molecule has 0 amide bonds. The molecule has 1 fully saturated rings. The van der Waals surface area contributed by atoms with Gasteiger partial charge in [0.05, 0.1) is 19.1 Å². The van der Waals surface area contributed by atoms with Crippen molar-refractivity contribution in [3.05, 3.63) is 0 Å². The Kier molecular flexibility index (Phi) is 5.93. The van der Waals surface area contributed by atoms with Gasteiger partial charge in [-0.1, -0.05) is 20.8 Å². The van der Waals surface area contributed by atoms with E-state index in [0.29, 0.717) is 32.7 Å². The molecule has 0 aromatic heterocycles. The first-order valence-electron chi connectivity index (χ1n) is 6.67. The van der Waals surface area contributed by atoms with Gasteiger partial charge in [-0.2, -0.15) is 12.7 Å². The third-order valence-corrected chi connectivity index (χ3v) is 4.61. The SMILES string of the molecule is CC(C)(C)CC(CNS(=O)(=O)N1CCOCC1)C(=O)O. The lowest BCUT2D eigenvalue weighted by molar-refractivity contribution is -0.142. The zero-order chi connectivity index (χ0) is 15.4. The van der Waals surface area contributed by atoms with E-state index in [1.54, 1.807) is 0 Å². The van der Waals surface area contributed by atoms with Crippen molar-refractivity contribution >= 4 is 16.2 Å². The normalized spacial score (nSPS) is 19.8. The molecule has 0 aromatic carbocycles. The van der Waals surface area contributed by atoms with E-state index < -0.39 is 22.1 Å². The van der Waals surface area contributed by atoms with Crippen molar-refractivity contribution in [2.45, 2.75) is 27.2 Å². The van der Waals surface area contributed by atoms with Gasteiger partial charge in [0.15, 0.2) is 0 Å². The van der Waals surface area contributed by atoms with E-state index >= 15 is 0 Å². The molecule has 1 aliphatic rings. The molecule has 0 saturated carbocycles. The Balaban J connectivity index is 2.59. The molecule has 0 bridgehead atoms. The van der Waals surface area contributed by atoms with E-state index in [0.717, 1.165) is 0 Å². The van der Waals surface area contributed by atoms with Gasteiger partial charge in [0.25, 0.3) is 10.2 Å². The third-order valence-electron chi connectivity index (χ3n) is 3.03. The molecule has 0 aromatic rings. The number of morpholine rings is 1. The van der Waals surface area contributed by atoms with Crippen molar-refractivity contribution in [1.82, 2.24) is 9.03 Å². The molecule has 0 spiro atoms. The van der Waals surface area contributed by atoms with E-state index in [-0.39, 0.29) is 12.0 Å². The summed E-state index contributed by atoms with van der Waals surface area (Å²) in [5, 5.41) is 9.18. The minimum absolute atomic E-state index is 0.0910. The number of ether oxygens (including phenoxy) is 1. The fraction of sp³-hybridized carbons (Fsp3) is 0.917. The summed E-state index contributed by atoms with van der Waals surface area (Å²) in [5.74, 6) is -1.71. The van der Waals surface area contributed by atoms with Crippen LogP contribution in [-0.4, -0.2) is 56.6 Å². The van der Waals surface area contributed by atoms with Crippen LogP contribution in [-0.2, 0) is 19.7 Å². The van der Waals surface area contributed by atoms with Gasteiger partial charge < -0.3 is 9.84 Å². The molecular weight excluding hydrogens is 284 g/mol. The highest BCUT2D eigenvalue weighted by Crippen LogP contribution is 2.24. The second kappa shape index (κ2) is 6.84. The molecular formula is C12H24N2O5S. The van der Waals surface area contributed by atoms with Gasteiger partial charge in [-0.3, -0.25) is 4.79 Å². The summed E-state index contributed by atoms with van der Waals surface area (Å²) >= 11 is 0. The van der Waals surface area contributed by atoms with Gasteiger partial charge in [-0.25, -0.2) is 4.72 Å². The molecule has 0 radical (unpaired) electrons. The Morgan fingerprint density at radius 3 is 2.35 bits per heavy atom. The Morgan fingerprint density at radius 2 is 1.90 bits per heavy atom. The van der Waals surface area contributed by atoms with E-state index in [4.69, 9.17) is 4.74 Å². The van der Waals surface area contributed by atoms with Crippen LogP contribution in [0, 0.1) is 11.3 Å². The fourth-order valence-electron chi connectivity index (χ4n) is 2.07. The molecule has 118 valence electrons.